The summed E-state index contributed by atoms with van der Waals surface area (Å²) in [4.78, 5) is 15.7. The third kappa shape index (κ3) is 3.17. The molecule has 0 bridgehead atoms. The van der Waals surface area contributed by atoms with Crippen molar-refractivity contribution in [3.05, 3.63) is 58.3 Å². The van der Waals surface area contributed by atoms with Crippen LogP contribution < -0.4 is 4.74 Å². The summed E-state index contributed by atoms with van der Waals surface area (Å²) in [5.74, 6) is 0.559. The molecule has 4 heteroatoms. The van der Waals surface area contributed by atoms with Gasteiger partial charge in [-0.3, -0.25) is 9.78 Å². The second kappa shape index (κ2) is 5.78. The van der Waals surface area contributed by atoms with Gasteiger partial charge in [0.2, 0.25) is 0 Å². The molecule has 0 N–H and O–H groups in total. The van der Waals surface area contributed by atoms with Crippen LogP contribution in [-0.2, 0) is 6.61 Å². The van der Waals surface area contributed by atoms with Crippen molar-refractivity contribution in [2.45, 2.75) is 13.5 Å². The van der Waals surface area contributed by atoms with E-state index in [0.717, 1.165) is 10.2 Å². The van der Waals surface area contributed by atoms with Gasteiger partial charge in [0, 0.05) is 10.7 Å². The highest BCUT2D eigenvalue weighted by atomic mass is 79.9. The molecule has 0 radical (unpaired) electrons. The van der Waals surface area contributed by atoms with Crippen molar-refractivity contribution in [2.24, 2.45) is 0 Å². The normalized spacial score (nSPS) is 10.1. The van der Waals surface area contributed by atoms with E-state index in [1.165, 1.54) is 6.92 Å². The summed E-state index contributed by atoms with van der Waals surface area (Å²) in [5.41, 5.74) is 1.40. The number of ether oxygens (including phenoxy) is 1. The number of pyridine rings is 1. The lowest BCUT2D eigenvalue weighted by atomic mass is 10.1. The number of benzene rings is 1. The summed E-state index contributed by atoms with van der Waals surface area (Å²) in [6, 6.07) is 11.0. The Balaban J connectivity index is 2.17. The summed E-state index contributed by atoms with van der Waals surface area (Å²) >= 11 is 3.34. The highest BCUT2D eigenvalue weighted by molar-refractivity contribution is 9.10. The average molecular weight is 306 g/mol. The second-order valence-electron chi connectivity index (χ2n) is 3.81. The van der Waals surface area contributed by atoms with Gasteiger partial charge in [0.1, 0.15) is 12.4 Å². The van der Waals surface area contributed by atoms with Crippen molar-refractivity contribution < 1.29 is 9.53 Å². The molecule has 18 heavy (non-hydrogen) atoms. The van der Waals surface area contributed by atoms with Crippen LogP contribution in [0.3, 0.4) is 0 Å². The number of nitrogens with zero attached hydrogens (tertiary/aromatic N) is 1. The molecule has 0 fully saturated rings. The lowest BCUT2D eigenvalue weighted by Gasteiger charge is -2.09. The lowest BCUT2D eigenvalue weighted by Crippen LogP contribution is -2.02. The van der Waals surface area contributed by atoms with Crippen molar-refractivity contribution in [1.82, 2.24) is 4.98 Å². The summed E-state index contributed by atoms with van der Waals surface area (Å²) in [6.45, 7) is 1.87. The molecule has 0 saturated carbocycles. The predicted molar refractivity (Wildman–Crippen MR) is 72.7 cm³/mol. The zero-order valence-electron chi connectivity index (χ0n) is 9.89. The fourth-order valence-electron chi connectivity index (χ4n) is 1.54. The van der Waals surface area contributed by atoms with E-state index in [4.69, 9.17) is 4.74 Å². The van der Waals surface area contributed by atoms with E-state index in [9.17, 15) is 4.79 Å². The first-order chi connectivity index (χ1) is 8.66. The van der Waals surface area contributed by atoms with Crippen LogP contribution in [0.1, 0.15) is 23.0 Å². The molecule has 1 heterocycles. The number of carbonyl (C=O) groups is 1. The van der Waals surface area contributed by atoms with E-state index in [1.54, 1.807) is 18.3 Å². The van der Waals surface area contributed by atoms with Gasteiger partial charge in [-0.2, -0.15) is 0 Å². The molecule has 0 aliphatic rings. The van der Waals surface area contributed by atoms with E-state index >= 15 is 0 Å². The zero-order valence-corrected chi connectivity index (χ0v) is 11.5. The first-order valence-electron chi connectivity index (χ1n) is 5.50. The molecular weight excluding hydrogens is 294 g/mol. The molecule has 1 aromatic carbocycles. The van der Waals surface area contributed by atoms with Gasteiger partial charge in [0.05, 0.1) is 11.3 Å². The topological polar surface area (TPSA) is 39.2 Å². The van der Waals surface area contributed by atoms with Gasteiger partial charge in [-0.15, -0.1) is 0 Å². The molecule has 0 saturated heterocycles. The highest BCUT2D eigenvalue weighted by Gasteiger charge is 2.09. The summed E-state index contributed by atoms with van der Waals surface area (Å²) in [5, 5.41) is 0. The van der Waals surface area contributed by atoms with Crippen molar-refractivity contribution in [2.75, 3.05) is 0 Å². The van der Waals surface area contributed by atoms with Crippen LogP contribution in [0.15, 0.2) is 47.1 Å². The van der Waals surface area contributed by atoms with Crippen molar-refractivity contribution in [3.8, 4) is 5.75 Å². The Bertz CT molecular complexity index is 555. The Hall–Kier alpha value is -1.68. The molecule has 92 valence electrons. The van der Waals surface area contributed by atoms with Crippen LogP contribution in [0.25, 0.3) is 0 Å². The highest BCUT2D eigenvalue weighted by Crippen LogP contribution is 2.24. The van der Waals surface area contributed by atoms with E-state index in [1.807, 2.05) is 24.3 Å². The number of halogens is 1. The van der Waals surface area contributed by atoms with Crippen molar-refractivity contribution >= 4 is 21.7 Å². The van der Waals surface area contributed by atoms with Crippen LogP contribution in [-0.4, -0.2) is 10.8 Å². The van der Waals surface area contributed by atoms with E-state index in [-0.39, 0.29) is 5.78 Å². The first kappa shape index (κ1) is 12.8. The second-order valence-corrected chi connectivity index (χ2v) is 4.72. The maximum absolute atomic E-state index is 11.5. The van der Waals surface area contributed by atoms with Crippen LogP contribution in [0.4, 0.5) is 0 Å². The fourth-order valence-corrected chi connectivity index (χ4v) is 1.90. The summed E-state index contributed by atoms with van der Waals surface area (Å²) in [7, 11) is 0. The minimum atomic E-state index is -0.0210. The molecule has 0 spiro atoms. The Kier molecular flexibility index (Phi) is 4.10. The number of Topliss-reactive ketones (excluding diaryl/α,β-unsaturated/α-hetero) is 1. The zero-order chi connectivity index (χ0) is 13.0. The van der Waals surface area contributed by atoms with E-state index in [2.05, 4.69) is 20.9 Å². The Labute approximate surface area is 114 Å². The number of hydrogen-bond acceptors (Lipinski definition) is 3. The van der Waals surface area contributed by atoms with Crippen LogP contribution in [0.2, 0.25) is 0 Å². The van der Waals surface area contributed by atoms with E-state index in [0.29, 0.717) is 17.9 Å². The van der Waals surface area contributed by atoms with Gasteiger partial charge in [-0.25, -0.2) is 0 Å². The lowest BCUT2D eigenvalue weighted by molar-refractivity contribution is 0.101. The molecule has 2 aromatic rings. The molecule has 0 aliphatic carbocycles. The van der Waals surface area contributed by atoms with Crippen LogP contribution in [0.5, 0.6) is 5.75 Å². The molecule has 0 aliphatic heterocycles. The largest absolute Gasteiger partial charge is 0.487 e. The first-order valence-corrected chi connectivity index (χ1v) is 6.29. The molecular formula is C14H12BrNO2. The summed E-state index contributed by atoms with van der Waals surface area (Å²) in [6.07, 6.45) is 1.71. The molecule has 0 unspecified atom stereocenters. The number of carbonyl (C=O) groups excluding carboxylic acids is 1. The van der Waals surface area contributed by atoms with Gasteiger partial charge in [0.25, 0.3) is 0 Å². The van der Waals surface area contributed by atoms with Gasteiger partial charge >= 0.3 is 0 Å². The average Bonchev–Trinajstić information content (AvgIpc) is 2.38. The maximum Gasteiger partial charge on any atom is 0.163 e. The Morgan fingerprint density at radius 3 is 2.83 bits per heavy atom. The fraction of sp³-hybridized carbons (Fsp3) is 0.143. The smallest absolute Gasteiger partial charge is 0.163 e. The number of rotatable bonds is 4. The Morgan fingerprint density at radius 1 is 1.33 bits per heavy atom. The Morgan fingerprint density at radius 2 is 2.17 bits per heavy atom. The van der Waals surface area contributed by atoms with Crippen molar-refractivity contribution in [1.29, 1.82) is 0 Å². The minimum absolute atomic E-state index is 0.0210. The number of hydrogen-bond donors (Lipinski definition) is 0. The SMILES string of the molecule is CC(=O)c1cc(Br)ccc1OCc1ccccn1. The quantitative estimate of drug-likeness (QED) is 0.810. The van der Waals surface area contributed by atoms with Gasteiger partial charge < -0.3 is 4.74 Å². The maximum atomic E-state index is 11.5. The standard InChI is InChI=1S/C14H12BrNO2/c1-10(17)13-8-11(15)5-6-14(13)18-9-12-4-2-3-7-16-12/h2-8H,9H2,1H3. The number of aromatic nitrogens is 1. The van der Waals surface area contributed by atoms with Crippen molar-refractivity contribution in [3.63, 3.8) is 0 Å². The van der Waals surface area contributed by atoms with Gasteiger partial charge in [-0.1, -0.05) is 22.0 Å². The number of ketones is 1. The van der Waals surface area contributed by atoms with Crippen LogP contribution >= 0.6 is 15.9 Å². The van der Waals surface area contributed by atoms with Crippen LogP contribution in [0, 0.1) is 0 Å². The van der Waals surface area contributed by atoms with Gasteiger partial charge in [-0.05, 0) is 37.3 Å². The molecule has 0 amide bonds. The van der Waals surface area contributed by atoms with Gasteiger partial charge in [0.15, 0.2) is 5.78 Å². The summed E-state index contributed by atoms with van der Waals surface area (Å²) < 4.78 is 6.49. The molecule has 3 nitrogen and oxygen atoms in total. The third-order valence-corrected chi connectivity index (χ3v) is 2.92. The monoisotopic (exact) mass is 305 g/mol. The predicted octanol–water partition coefficient (Wildman–Crippen LogP) is 3.63. The molecule has 2 rings (SSSR count). The third-order valence-electron chi connectivity index (χ3n) is 2.42. The molecule has 0 atom stereocenters. The van der Waals surface area contributed by atoms with E-state index < -0.39 is 0 Å². The minimum Gasteiger partial charge on any atom is -0.487 e. The molecule has 1 aromatic heterocycles.